The van der Waals surface area contributed by atoms with Crippen molar-refractivity contribution < 1.29 is 0 Å². The number of nitrogens with two attached hydrogens (primary N) is 5. The Labute approximate surface area is 116 Å². The van der Waals surface area contributed by atoms with Gasteiger partial charge in [0.25, 0.3) is 0 Å². The van der Waals surface area contributed by atoms with Crippen LogP contribution in [0.3, 0.4) is 0 Å². The molecule has 0 atom stereocenters. The van der Waals surface area contributed by atoms with E-state index in [0.29, 0.717) is 11.4 Å². The van der Waals surface area contributed by atoms with Crippen molar-refractivity contribution in [1.29, 1.82) is 0 Å². The molecule has 0 aliphatic carbocycles. The van der Waals surface area contributed by atoms with Gasteiger partial charge in [0.1, 0.15) is 0 Å². The van der Waals surface area contributed by atoms with Gasteiger partial charge in [-0.15, -0.1) is 5.10 Å². The largest absolute Gasteiger partial charge is 0.370 e. The number of hydrogen-bond donors (Lipinski definition) is 5. The number of guanidine groups is 3. The van der Waals surface area contributed by atoms with Gasteiger partial charge in [0.15, 0.2) is 5.96 Å². The van der Waals surface area contributed by atoms with Gasteiger partial charge >= 0.3 is 0 Å². The minimum Gasteiger partial charge on any atom is -0.370 e. The maximum atomic E-state index is 5.52. The first-order valence-corrected chi connectivity index (χ1v) is 5.56. The van der Waals surface area contributed by atoms with Gasteiger partial charge in [-0.3, -0.25) is 0 Å². The summed E-state index contributed by atoms with van der Waals surface area (Å²) >= 11 is 0. The molecule has 1 aromatic rings. The lowest BCUT2D eigenvalue weighted by atomic mass is 10.1. The highest BCUT2D eigenvalue weighted by Crippen LogP contribution is 2.13. The van der Waals surface area contributed by atoms with E-state index in [1.165, 1.54) is 0 Å². The first kappa shape index (κ1) is 15.0. The van der Waals surface area contributed by atoms with Crippen LogP contribution in [0.25, 0.3) is 0 Å². The van der Waals surface area contributed by atoms with Crippen LogP contribution < -0.4 is 28.7 Å². The van der Waals surface area contributed by atoms with Gasteiger partial charge in [-0.2, -0.15) is 10.1 Å². The lowest BCUT2D eigenvalue weighted by Crippen LogP contribution is -2.26. The second kappa shape index (κ2) is 6.73. The first-order chi connectivity index (χ1) is 9.38. The molecular formula is C11H17N9. The Morgan fingerprint density at radius 1 is 0.850 bits per heavy atom. The first-order valence-electron chi connectivity index (χ1n) is 5.56. The van der Waals surface area contributed by atoms with Crippen molar-refractivity contribution in [3.63, 3.8) is 0 Å². The minimum absolute atomic E-state index is 0.0244. The average Bonchev–Trinajstić information content (AvgIpc) is 2.35. The summed E-state index contributed by atoms with van der Waals surface area (Å²) in [5.41, 5.74) is 28.4. The maximum absolute atomic E-state index is 5.52. The Morgan fingerprint density at radius 2 is 1.45 bits per heavy atom. The molecule has 0 aliphatic heterocycles. The summed E-state index contributed by atoms with van der Waals surface area (Å²) in [5, 5.41) is 7.43. The molecule has 0 spiro atoms. The SMILES string of the molecule is C/C(=N\N=C(N)N)c1ccc(N=C(N)N=C(N)N)cc1. The van der Waals surface area contributed by atoms with Crippen LogP contribution in [0.4, 0.5) is 5.69 Å². The van der Waals surface area contributed by atoms with Crippen LogP contribution in [0.1, 0.15) is 12.5 Å². The van der Waals surface area contributed by atoms with Crippen LogP contribution in [0.5, 0.6) is 0 Å². The van der Waals surface area contributed by atoms with Crippen LogP contribution in [-0.2, 0) is 0 Å². The van der Waals surface area contributed by atoms with Crippen LogP contribution in [-0.4, -0.2) is 23.6 Å². The summed E-state index contributed by atoms with van der Waals surface area (Å²) < 4.78 is 0. The van der Waals surface area contributed by atoms with Crippen molar-refractivity contribution in [3.8, 4) is 0 Å². The van der Waals surface area contributed by atoms with Crippen molar-refractivity contribution in [1.82, 2.24) is 0 Å². The van der Waals surface area contributed by atoms with E-state index in [4.69, 9.17) is 28.7 Å². The number of rotatable bonds is 3. The molecule has 0 bridgehead atoms. The van der Waals surface area contributed by atoms with E-state index >= 15 is 0 Å². The fourth-order valence-electron chi connectivity index (χ4n) is 1.26. The Hall–Kier alpha value is -3.10. The zero-order valence-electron chi connectivity index (χ0n) is 11.0. The van der Waals surface area contributed by atoms with E-state index in [1.54, 1.807) is 31.2 Å². The molecule has 106 valence electrons. The average molecular weight is 275 g/mol. The zero-order chi connectivity index (χ0) is 15.1. The molecular weight excluding hydrogens is 258 g/mol. The Kier molecular flexibility index (Phi) is 5.03. The molecule has 0 aromatic heterocycles. The van der Waals surface area contributed by atoms with E-state index in [9.17, 15) is 0 Å². The molecule has 20 heavy (non-hydrogen) atoms. The van der Waals surface area contributed by atoms with E-state index in [1.807, 2.05) is 0 Å². The molecule has 9 heteroatoms. The molecule has 0 aliphatic rings. The fourth-order valence-corrected chi connectivity index (χ4v) is 1.26. The molecule has 9 nitrogen and oxygen atoms in total. The normalized spacial score (nSPS) is 11.8. The summed E-state index contributed by atoms with van der Waals surface area (Å²) in [6.45, 7) is 1.78. The van der Waals surface area contributed by atoms with E-state index in [-0.39, 0.29) is 17.9 Å². The molecule has 0 saturated heterocycles. The smallest absolute Gasteiger partial charge is 0.223 e. The summed E-state index contributed by atoms with van der Waals surface area (Å²) in [6, 6.07) is 7.06. The van der Waals surface area contributed by atoms with Gasteiger partial charge < -0.3 is 28.7 Å². The minimum atomic E-state index is -0.150. The van der Waals surface area contributed by atoms with Crippen molar-refractivity contribution in [2.24, 2.45) is 48.9 Å². The topological polar surface area (TPSA) is 180 Å². The number of benzene rings is 1. The van der Waals surface area contributed by atoms with Crippen molar-refractivity contribution >= 4 is 29.3 Å². The molecule has 10 N–H and O–H groups in total. The van der Waals surface area contributed by atoms with Crippen molar-refractivity contribution in [2.75, 3.05) is 0 Å². The highest BCUT2D eigenvalue weighted by atomic mass is 15.3. The number of hydrogen-bond acceptors (Lipinski definition) is 3. The Balaban J connectivity index is 2.92. The Morgan fingerprint density at radius 3 is 1.95 bits per heavy atom. The van der Waals surface area contributed by atoms with Gasteiger partial charge in [-0.05, 0) is 24.6 Å². The highest BCUT2D eigenvalue weighted by molar-refractivity contribution is 5.99. The second-order valence-electron chi connectivity index (χ2n) is 3.76. The van der Waals surface area contributed by atoms with Crippen LogP contribution in [0.2, 0.25) is 0 Å². The van der Waals surface area contributed by atoms with Crippen molar-refractivity contribution in [3.05, 3.63) is 29.8 Å². The molecule has 0 unspecified atom stereocenters. The van der Waals surface area contributed by atoms with Gasteiger partial charge in [0, 0.05) is 0 Å². The van der Waals surface area contributed by atoms with Gasteiger partial charge in [0.2, 0.25) is 11.9 Å². The third-order valence-corrected chi connectivity index (χ3v) is 2.09. The van der Waals surface area contributed by atoms with Gasteiger partial charge in [0.05, 0.1) is 11.4 Å². The quantitative estimate of drug-likeness (QED) is 0.266. The van der Waals surface area contributed by atoms with Gasteiger partial charge in [-0.1, -0.05) is 12.1 Å². The molecule has 0 fully saturated rings. The zero-order valence-corrected chi connectivity index (χ0v) is 11.0. The fraction of sp³-hybridized carbons (Fsp3) is 0.0909. The summed E-state index contributed by atoms with van der Waals surface area (Å²) in [4.78, 5) is 7.62. The second-order valence-corrected chi connectivity index (χ2v) is 3.76. The summed E-state index contributed by atoms with van der Waals surface area (Å²) in [5.74, 6) is -0.276. The van der Waals surface area contributed by atoms with Crippen LogP contribution >= 0.6 is 0 Å². The predicted octanol–water partition coefficient (Wildman–Crippen LogP) is -1.10. The molecule has 0 amide bonds. The maximum Gasteiger partial charge on any atom is 0.223 e. The third kappa shape index (κ3) is 5.04. The molecule has 1 aromatic carbocycles. The van der Waals surface area contributed by atoms with Gasteiger partial charge in [-0.25, -0.2) is 4.99 Å². The molecule has 0 heterocycles. The highest BCUT2D eigenvalue weighted by Gasteiger charge is 1.98. The predicted molar refractivity (Wildman–Crippen MR) is 81.6 cm³/mol. The monoisotopic (exact) mass is 275 g/mol. The van der Waals surface area contributed by atoms with E-state index in [2.05, 4.69) is 20.2 Å². The summed E-state index contributed by atoms with van der Waals surface area (Å²) in [6.07, 6.45) is 0. The van der Waals surface area contributed by atoms with E-state index < -0.39 is 0 Å². The third-order valence-electron chi connectivity index (χ3n) is 2.09. The number of nitrogens with zero attached hydrogens (tertiary/aromatic N) is 4. The molecule has 0 radical (unpaired) electrons. The lowest BCUT2D eigenvalue weighted by molar-refractivity contribution is 1.19. The molecule has 1 rings (SSSR count). The molecule has 0 saturated carbocycles. The van der Waals surface area contributed by atoms with Crippen molar-refractivity contribution in [2.45, 2.75) is 6.92 Å². The van der Waals surface area contributed by atoms with E-state index in [0.717, 1.165) is 5.56 Å². The lowest BCUT2D eigenvalue weighted by Gasteiger charge is -2.00. The van der Waals surface area contributed by atoms with Crippen LogP contribution in [0, 0.1) is 0 Å². The number of aliphatic imine (C=N–C) groups is 2. The summed E-state index contributed by atoms with van der Waals surface area (Å²) in [7, 11) is 0. The van der Waals surface area contributed by atoms with Crippen LogP contribution in [0.15, 0.2) is 44.5 Å². The standard InChI is InChI=1S/C11H17N9/c1-6(19-20-10(14)15)7-2-4-8(5-3-7)17-11(16)18-9(12)13/h2-5H,1H3,(H4,14,15,20)(H6,12,13,16,17,18)/b19-6+. The Bertz CT molecular complexity index is 572.